The fraction of sp³-hybridized carbons (Fsp3) is 0.391. The van der Waals surface area contributed by atoms with Crippen molar-refractivity contribution in [1.82, 2.24) is 15.5 Å². The lowest BCUT2D eigenvalue weighted by atomic mass is 10.2. The van der Waals surface area contributed by atoms with Gasteiger partial charge in [-0.15, -0.1) is 0 Å². The predicted molar refractivity (Wildman–Crippen MR) is 135 cm³/mol. The van der Waals surface area contributed by atoms with Gasteiger partial charge in [0.1, 0.15) is 15.9 Å². The minimum Gasteiger partial charge on any atom is -0.350 e. The first-order chi connectivity index (χ1) is 16.1. The number of likely N-dealkylation sites (tertiary alicyclic amines) is 1. The number of sulfone groups is 1. The zero-order chi connectivity index (χ0) is 24.7. The summed E-state index contributed by atoms with van der Waals surface area (Å²) in [6.07, 6.45) is 1.82. The van der Waals surface area contributed by atoms with Crippen LogP contribution in [0.25, 0.3) is 0 Å². The second-order valence-electron chi connectivity index (χ2n) is 8.41. The van der Waals surface area contributed by atoms with Gasteiger partial charge in [0.25, 0.3) is 0 Å². The lowest BCUT2D eigenvalue weighted by molar-refractivity contribution is -0.123. The van der Waals surface area contributed by atoms with Crippen LogP contribution in [0.15, 0.2) is 48.5 Å². The normalized spacial score (nSPS) is 17.2. The maximum atomic E-state index is 13.0. The molecule has 3 N–H and O–H groups in total. The molecule has 34 heavy (non-hydrogen) atoms. The standard InChI is InChI=1S/C23H28Cl2N4O4S/c1-34(32,33)12-10-21(28-23(31)27-17-5-3-2-4-6-17)22(30)26-18-9-11-29(15-18)14-16-7-8-19(24)20(25)13-16/h2-8,13,18,21H,9-12,14-15H2,1H3,(H,26,30)(H2,27,28,31)/t18-,21+/m1/s1. The Bertz CT molecular complexity index is 1120. The van der Waals surface area contributed by atoms with E-state index < -0.39 is 27.8 Å². The van der Waals surface area contributed by atoms with E-state index in [2.05, 4.69) is 20.9 Å². The van der Waals surface area contributed by atoms with Crippen LogP contribution >= 0.6 is 23.2 Å². The number of hydrogen-bond donors (Lipinski definition) is 3. The number of benzene rings is 2. The Balaban J connectivity index is 1.57. The van der Waals surface area contributed by atoms with Crippen molar-refractivity contribution in [2.45, 2.75) is 31.5 Å². The molecule has 2 atom stereocenters. The highest BCUT2D eigenvalue weighted by molar-refractivity contribution is 7.90. The lowest BCUT2D eigenvalue weighted by Gasteiger charge is -2.22. The summed E-state index contributed by atoms with van der Waals surface area (Å²) in [7, 11) is -3.30. The number of urea groups is 1. The number of amides is 3. The minimum atomic E-state index is -3.30. The number of halogens is 2. The minimum absolute atomic E-state index is 0.0212. The number of hydrogen-bond acceptors (Lipinski definition) is 5. The Kier molecular flexibility index (Phi) is 9.18. The van der Waals surface area contributed by atoms with Crippen molar-refractivity contribution in [1.29, 1.82) is 0 Å². The van der Waals surface area contributed by atoms with E-state index in [1.165, 1.54) is 0 Å². The number of carbonyl (C=O) groups is 2. The van der Waals surface area contributed by atoms with Crippen molar-refractivity contribution in [3.63, 3.8) is 0 Å². The third-order valence-corrected chi connectivity index (χ3v) is 7.16. The summed E-state index contributed by atoms with van der Waals surface area (Å²) in [5.41, 5.74) is 1.59. The Morgan fingerprint density at radius 1 is 1.12 bits per heavy atom. The van der Waals surface area contributed by atoms with Crippen LogP contribution in [0.4, 0.5) is 10.5 Å². The highest BCUT2D eigenvalue weighted by Gasteiger charge is 2.28. The van der Waals surface area contributed by atoms with Gasteiger partial charge < -0.3 is 16.0 Å². The van der Waals surface area contributed by atoms with Crippen molar-refractivity contribution in [3.8, 4) is 0 Å². The zero-order valence-electron chi connectivity index (χ0n) is 18.8. The largest absolute Gasteiger partial charge is 0.350 e. The Morgan fingerprint density at radius 2 is 1.85 bits per heavy atom. The highest BCUT2D eigenvalue weighted by atomic mass is 35.5. The molecule has 0 aliphatic carbocycles. The summed E-state index contributed by atoms with van der Waals surface area (Å²) in [6.45, 7) is 2.07. The van der Waals surface area contributed by atoms with Gasteiger partial charge >= 0.3 is 6.03 Å². The number of anilines is 1. The molecule has 8 nitrogen and oxygen atoms in total. The van der Waals surface area contributed by atoms with Crippen LogP contribution in [-0.2, 0) is 21.2 Å². The molecule has 1 aliphatic heterocycles. The van der Waals surface area contributed by atoms with Crippen molar-refractivity contribution in [2.24, 2.45) is 0 Å². The highest BCUT2D eigenvalue weighted by Crippen LogP contribution is 2.24. The van der Waals surface area contributed by atoms with Gasteiger partial charge in [-0.3, -0.25) is 9.69 Å². The van der Waals surface area contributed by atoms with Gasteiger partial charge in [0.15, 0.2) is 0 Å². The van der Waals surface area contributed by atoms with Gasteiger partial charge in [-0.05, 0) is 42.7 Å². The van der Waals surface area contributed by atoms with Gasteiger partial charge in [-0.25, -0.2) is 13.2 Å². The summed E-state index contributed by atoms with van der Waals surface area (Å²) in [4.78, 5) is 27.6. The summed E-state index contributed by atoms with van der Waals surface area (Å²) >= 11 is 12.1. The summed E-state index contributed by atoms with van der Waals surface area (Å²) in [5.74, 6) is -0.626. The number of rotatable bonds is 9. The van der Waals surface area contributed by atoms with Gasteiger partial charge in [0.2, 0.25) is 5.91 Å². The molecule has 184 valence electrons. The topological polar surface area (TPSA) is 108 Å². The Morgan fingerprint density at radius 3 is 2.53 bits per heavy atom. The lowest BCUT2D eigenvalue weighted by Crippen LogP contribution is -2.51. The molecule has 0 aromatic heterocycles. The van der Waals surface area contributed by atoms with Gasteiger partial charge in [0, 0.05) is 37.6 Å². The summed E-state index contributed by atoms with van der Waals surface area (Å²) in [6, 6.07) is 12.6. The van der Waals surface area contributed by atoms with E-state index in [4.69, 9.17) is 23.2 Å². The summed E-state index contributed by atoms with van der Waals surface area (Å²) < 4.78 is 23.3. The van der Waals surface area contributed by atoms with Gasteiger partial charge in [-0.2, -0.15) is 0 Å². The smallest absolute Gasteiger partial charge is 0.319 e. The molecular formula is C23H28Cl2N4O4S. The van der Waals surface area contributed by atoms with Crippen LogP contribution in [0.2, 0.25) is 10.0 Å². The maximum absolute atomic E-state index is 13.0. The molecule has 1 heterocycles. The molecule has 1 aliphatic rings. The van der Waals surface area contributed by atoms with Crippen LogP contribution in [0, 0.1) is 0 Å². The molecule has 0 radical (unpaired) electrons. The second kappa shape index (κ2) is 11.9. The first-order valence-electron chi connectivity index (χ1n) is 10.9. The van der Waals surface area contributed by atoms with E-state index in [1.54, 1.807) is 30.3 Å². The van der Waals surface area contributed by atoms with Crippen molar-refractivity contribution < 1.29 is 18.0 Å². The van der Waals surface area contributed by atoms with Crippen molar-refractivity contribution >= 4 is 50.7 Å². The van der Waals surface area contributed by atoms with E-state index in [1.807, 2.05) is 18.2 Å². The van der Waals surface area contributed by atoms with Crippen LogP contribution in [0.1, 0.15) is 18.4 Å². The van der Waals surface area contributed by atoms with Crippen LogP contribution in [0.3, 0.4) is 0 Å². The zero-order valence-corrected chi connectivity index (χ0v) is 21.1. The molecule has 0 unspecified atom stereocenters. The molecule has 3 amide bonds. The predicted octanol–water partition coefficient (Wildman–Crippen LogP) is 3.31. The Labute approximate surface area is 209 Å². The molecule has 1 saturated heterocycles. The maximum Gasteiger partial charge on any atom is 0.319 e. The molecule has 0 spiro atoms. The van der Waals surface area contributed by atoms with Crippen molar-refractivity contribution in [3.05, 3.63) is 64.1 Å². The molecule has 1 fully saturated rings. The fourth-order valence-electron chi connectivity index (χ4n) is 3.74. The van der Waals surface area contributed by atoms with Crippen LogP contribution in [0.5, 0.6) is 0 Å². The quantitative estimate of drug-likeness (QED) is 0.464. The van der Waals surface area contributed by atoms with E-state index in [-0.39, 0.29) is 18.2 Å². The SMILES string of the molecule is CS(=O)(=O)CC[C@H](NC(=O)Nc1ccccc1)C(=O)N[C@@H]1CCN(Cc2ccc(Cl)c(Cl)c2)C1. The third-order valence-electron chi connectivity index (χ3n) is 5.44. The van der Waals surface area contributed by atoms with E-state index in [0.717, 1.165) is 24.8 Å². The van der Waals surface area contributed by atoms with Gasteiger partial charge in [-0.1, -0.05) is 47.5 Å². The number of carbonyl (C=O) groups excluding carboxylic acids is 2. The molecule has 3 rings (SSSR count). The van der Waals surface area contributed by atoms with Crippen LogP contribution < -0.4 is 16.0 Å². The van der Waals surface area contributed by atoms with E-state index >= 15 is 0 Å². The average molecular weight is 527 g/mol. The van der Waals surface area contributed by atoms with Crippen molar-refractivity contribution in [2.75, 3.05) is 30.4 Å². The number of para-hydroxylation sites is 1. The van der Waals surface area contributed by atoms with E-state index in [0.29, 0.717) is 28.8 Å². The fourth-order valence-corrected chi connectivity index (χ4v) is 4.72. The molecule has 0 bridgehead atoms. The van der Waals surface area contributed by atoms with E-state index in [9.17, 15) is 18.0 Å². The molecule has 0 saturated carbocycles. The monoisotopic (exact) mass is 526 g/mol. The van der Waals surface area contributed by atoms with Crippen LogP contribution in [-0.4, -0.2) is 62.4 Å². The van der Waals surface area contributed by atoms with Gasteiger partial charge in [0.05, 0.1) is 15.8 Å². The second-order valence-corrected chi connectivity index (χ2v) is 11.5. The molecule has 11 heteroatoms. The molecular weight excluding hydrogens is 499 g/mol. The number of nitrogens with one attached hydrogen (secondary N) is 3. The average Bonchev–Trinajstić information content (AvgIpc) is 3.20. The first kappa shape index (κ1) is 26.3. The number of nitrogens with zero attached hydrogens (tertiary/aromatic N) is 1. The Hall–Kier alpha value is -2.33. The third kappa shape index (κ3) is 8.47. The molecule has 2 aromatic carbocycles. The summed E-state index contributed by atoms with van der Waals surface area (Å²) in [5, 5.41) is 9.21. The first-order valence-corrected chi connectivity index (χ1v) is 13.7. The molecule has 2 aromatic rings.